The van der Waals surface area contributed by atoms with Crippen LogP contribution in [0.1, 0.15) is 90.2 Å². The molecule has 0 radical (unpaired) electrons. The summed E-state index contributed by atoms with van der Waals surface area (Å²) < 4.78 is 0. The molecule has 0 bridgehead atoms. The van der Waals surface area contributed by atoms with Crippen LogP contribution < -0.4 is 0 Å². The Morgan fingerprint density at radius 2 is 1.23 bits per heavy atom. The van der Waals surface area contributed by atoms with Gasteiger partial charge in [0.2, 0.25) is 0 Å². The molecule has 0 aliphatic rings. The number of hydrogen-bond donors (Lipinski definition) is 0. The Morgan fingerprint density at radius 1 is 0.769 bits per heavy atom. The molecular formula is C24H40N2. The lowest BCUT2D eigenvalue weighted by atomic mass is 10.0. The minimum atomic E-state index is 0.636. The maximum Gasteiger partial charge on any atom is 0.0636 e. The summed E-state index contributed by atoms with van der Waals surface area (Å²) in [4.78, 5) is 9.40. The quantitative estimate of drug-likeness (QED) is 0.313. The third-order valence-electron chi connectivity index (χ3n) is 5.08. The monoisotopic (exact) mass is 356 g/mol. The third kappa shape index (κ3) is 9.89. The standard InChI is InChI=1S/C24H40N2/c1-5-9-12-21(7-3)17-25-19-23-14-11-15-24(16-23)20-26-18-22(8-4)13-10-6-2/h11,14-18,21-22H,5-10,12-13,19-20H2,1-4H3. The van der Waals surface area contributed by atoms with Gasteiger partial charge in [0.05, 0.1) is 13.1 Å². The van der Waals surface area contributed by atoms with Crippen molar-refractivity contribution >= 4 is 12.4 Å². The molecule has 0 fully saturated rings. The summed E-state index contributed by atoms with van der Waals surface area (Å²) >= 11 is 0. The number of benzene rings is 1. The Morgan fingerprint density at radius 3 is 1.62 bits per heavy atom. The molecule has 0 aliphatic heterocycles. The molecule has 2 atom stereocenters. The Hall–Kier alpha value is -1.44. The van der Waals surface area contributed by atoms with Crippen molar-refractivity contribution in [2.75, 3.05) is 0 Å². The van der Waals surface area contributed by atoms with Gasteiger partial charge in [0.15, 0.2) is 0 Å². The van der Waals surface area contributed by atoms with Crippen molar-refractivity contribution in [3.8, 4) is 0 Å². The lowest BCUT2D eigenvalue weighted by molar-refractivity contribution is 0.575. The van der Waals surface area contributed by atoms with Crippen molar-refractivity contribution in [3.05, 3.63) is 35.4 Å². The molecule has 2 heteroatoms. The largest absolute Gasteiger partial charge is 0.292 e. The topological polar surface area (TPSA) is 24.7 Å². The van der Waals surface area contributed by atoms with E-state index in [1.54, 1.807) is 0 Å². The zero-order valence-electron chi connectivity index (χ0n) is 17.6. The van der Waals surface area contributed by atoms with Gasteiger partial charge in [0.25, 0.3) is 0 Å². The highest BCUT2D eigenvalue weighted by Gasteiger charge is 2.03. The second kappa shape index (κ2) is 14.7. The molecule has 0 amide bonds. The van der Waals surface area contributed by atoms with Gasteiger partial charge in [-0.3, -0.25) is 9.98 Å². The van der Waals surface area contributed by atoms with Crippen molar-refractivity contribution in [2.45, 2.75) is 92.2 Å². The SMILES string of the molecule is CCCCC(C=NCc1cccc(CN=CC(CC)CCCC)c1)CC. The first-order valence-electron chi connectivity index (χ1n) is 10.8. The molecule has 2 unspecified atom stereocenters. The van der Waals surface area contributed by atoms with Crippen LogP contribution in [0.4, 0.5) is 0 Å². The van der Waals surface area contributed by atoms with Crippen LogP contribution in [-0.4, -0.2) is 12.4 Å². The minimum Gasteiger partial charge on any atom is -0.292 e. The van der Waals surface area contributed by atoms with Crippen LogP contribution in [-0.2, 0) is 13.1 Å². The van der Waals surface area contributed by atoms with Crippen molar-refractivity contribution in [1.82, 2.24) is 0 Å². The van der Waals surface area contributed by atoms with E-state index < -0.39 is 0 Å². The Balaban J connectivity index is 2.51. The number of unbranched alkanes of at least 4 members (excludes halogenated alkanes) is 2. The minimum absolute atomic E-state index is 0.636. The Labute approximate surface area is 162 Å². The molecule has 0 aromatic heterocycles. The molecule has 0 aliphatic carbocycles. The maximum atomic E-state index is 4.70. The first-order valence-corrected chi connectivity index (χ1v) is 10.8. The number of nitrogens with zero attached hydrogens (tertiary/aromatic N) is 2. The molecule has 146 valence electrons. The molecule has 0 saturated carbocycles. The van der Waals surface area contributed by atoms with Gasteiger partial charge in [-0.1, -0.05) is 77.6 Å². The van der Waals surface area contributed by atoms with Crippen molar-refractivity contribution < 1.29 is 0 Å². The molecule has 1 aromatic rings. The maximum absolute atomic E-state index is 4.70. The first kappa shape index (κ1) is 22.6. The highest BCUT2D eigenvalue weighted by atomic mass is 14.7. The van der Waals surface area contributed by atoms with Gasteiger partial charge in [-0.05, 0) is 48.6 Å². The fourth-order valence-corrected chi connectivity index (χ4v) is 3.14. The van der Waals surface area contributed by atoms with E-state index in [1.807, 2.05) is 0 Å². The fraction of sp³-hybridized carbons (Fsp3) is 0.667. The molecular weight excluding hydrogens is 316 g/mol. The van der Waals surface area contributed by atoms with E-state index in [-0.39, 0.29) is 0 Å². The number of hydrogen-bond acceptors (Lipinski definition) is 2. The first-order chi connectivity index (χ1) is 12.7. The van der Waals surface area contributed by atoms with Gasteiger partial charge in [0.1, 0.15) is 0 Å². The summed E-state index contributed by atoms with van der Waals surface area (Å²) in [7, 11) is 0. The van der Waals surface area contributed by atoms with Crippen molar-refractivity contribution in [3.63, 3.8) is 0 Å². The second-order valence-corrected chi connectivity index (χ2v) is 7.42. The summed E-state index contributed by atoms with van der Waals surface area (Å²) in [6, 6.07) is 8.74. The summed E-state index contributed by atoms with van der Waals surface area (Å²) in [6.45, 7) is 10.6. The summed E-state index contributed by atoms with van der Waals surface area (Å²) in [5.74, 6) is 1.27. The highest BCUT2D eigenvalue weighted by Crippen LogP contribution is 2.13. The fourth-order valence-electron chi connectivity index (χ4n) is 3.14. The van der Waals surface area contributed by atoms with E-state index in [4.69, 9.17) is 9.98 Å². The Bertz CT molecular complexity index is 475. The second-order valence-electron chi connectivity index (χ2n) is 7.42. The van der Waals surface area contributed by atoms with Gasteiger partial charge in [-0.2, -0.15) is 0 Å². The van der Waals surface area contributed by atoms with E-state index >= 15 is 0 Å². The smallest absolute Gasteiger partial charge is 0.0636 e. The summed E-state index contributed by atoms with van der Waals surface area (Å²) in [5, 5.41) is 0. The van der Waals surface area contributed by atoms with Gasteiger partial charge in [0, 0.05) is 12.4 Å². The van der Waals surface area contributed by atoms with Crippen LogP contribution in [0.15, 0.2) is 34.3 Å². The molecule has 0 saturated heterocycles. The molecule has 0 N–H and O–H groups in total. The van der Waals surface area contributed by atoms with Gasteiger partial charge in [-0.15, -0.1) is 0 Å². The molecule has 26 heavy (non-hydrogen) atoms. The van der Waals surface area contributed by atoms with E-state index in [0.29, 0.717) is 11.8 Å². The molecule has 2 nitrogen and oxygen atoms in total. The summed E-state index contributed by atoms with van der Waals surface area (Å²) in [6.07, 6.45) is 14.4. The molecule has 0 heterocycles. The summed E-state index contributed by atoms with van der Waals surface area (Å²) in [5.41, 5.74) is 2.58. The van der Waals surface area contributed by atoms with E-state index in [2.05, 4.69) is 64.4 Å². The predicted octanol–water partition coefficient (Wildman–Crippen LogP) is 7.26. The average molecular weight is 357 g/mol. The van der Waals surface area contributed by atoms with Crippen molar-refractivity contribution in [1.29, 1.82) is 0 Å². The van der Waals surface area contributed by atoms with Gasteiger partial charge < -0.3 is 0 Å². The van der Waals surface area contributed by atoms with Crippen molar-refractivity contribution in [2.24, 2.45) is 21.8 Å². The van der Waals surface area contributed by atoms with Gasteiger partial charge in [-0.25, -0.2) is 0 Å². The molecule has 1 rings (SSSR count). The van der Waals surface area contributed by atoms with E-state index in [0.717, 1.165) is 13.1 Å². The number of rotatable bonds is 14. The van der Waals surface area contributed by atoms with Crippen LogP contribution in [0.3, 0.4) is 0 Å². The highest BCUT2D eigenvalue weighted by molar-refractivity contribution is 5.61. The van der Waals surface area contributed by atoms with Crippen LogP contribution in [0.25, 0.3) is 0 Å². The third-order valence-corrected chi connectivity index (χ3v) is 5.08. The zero-order chi connectivity index (χ0) is 19.0. The molecule has 0 spiro atoms. The normalized spacial score (nSPS) is 14.3. The number of aliphatic imine (C=N–C) groups is 2. The van der Waals surface area contributed by atoms with Crippen LogP contribution in [0, 0.1) is 11.8 Å². The predicted molar refractivity (Wildman–Crippen MR) is 117 cm³/mol. The van der Waals surface area contributed by atoms with Crippen LogP contribution >= 0.6 is 0 Å². The Kier molecular flexibility index (Phi) is 12.8. The zero-order valence-corrected chi connectivity index (χ0v) is 17.6. The van der Waals surface area contributed by atoms with Gasteiger partial charge >= 0.3 is 0 Å². The average Bonchev–Trinajstić information content (AvgIpc) is 2.67. The van der Waals surface area contributed by atoms with E-state index in [9.17, 15) is 0 Å². The lowest BCUT2D eigenvalue weighted by Gasteiger charge is -2.08. The van der Waals surface area contributed by atoms with E-state index in [1.165, 1.54) is 62.5 Å². The van der Waals surface area contributed by atoms with Crippen LogP contribution in [0.5, 0.6) is 0 Å². The molecule has 1 aromatic carbocycles. The lowest BCUT2D eigenvalue weighted by Crippen LogP contribution is -2.01. The van der Waals surface area contributed by atoms with Crippen LogP contribution in [0.2, 0.25) is 0 Å².